The van der Waals surface area contributed by atoms with Gasteiger partial charge < -0.3 is 81.7 Å². The summed E-state index contributed by atoms with van der Waals surface area (Å²) in [6, 6.07) is -2.24. The first-order chi connectivity index (χ1) is 35.9. The minimum absolute atomic E-state index is 0.0125. The number of carbonyl (C=O) groups excluding carboxylic acids is 8. The van der Waals surface area contributed by atoms with E-state index in [-0.39, 0.29) is 119 Å². The quantitative estimate of drug-likeness (QED) is 0.0183. The van der Waals surface area contributed by atoms with Crippen molar-refractivity contribution in [3.8, 4) is 5.75 Å². The maximum Gasteiger partial charge on any atom is 0.251 e. The van der Waals surface area contributed by atoms with Gasteiger partial charge in [-0.25, -0.2) is 0 Å². The zero-order valence-corrected chi connectivity index (χ0v) is 45.5. The van der Waals surface area contributed by atoms with Crippen LogP contribution in [0.2, 0.25) is 0 Å². The number of benzene rings is 1. The molecule has 426 valence electrons. The van der Waals surface area contributed by atoms with E-state index < -0.39 is 106 Å². The molecule has 1 heterocycles. The van der Waals surface area contributed by atoms with E-state index in [1.54, 1.807) is 26.0 Å². The van der Waals surface area contributed by atoms with Crippen molar-refractivity contribution in [2.75, 3.05) is 45.3 Å². The number of rotatable bonds is 34. The molecule has 0 aromatic heterocycles. The maximum absolute atomic E-state index is 14.6. The topological polar surface area (TPSA) is 457 Å². The second-order valence-corrected chi connectivity index (χ2v) is 20.6. The SMILES string of the molecule is CC[C@H](C)[C@H](NC(=O)[C@H](CCCN=C(N)N)NC(=O)[C@H](CCCN=C(N)N)NC(=O)c1ccc(OC)cc1)C(=O)N[C@@H](CCCN=C(N)N)C(=O)N1CCC[C@H]1C(=O)N[C@@H](CCS(C)=O)C(=O)N[C@@H](CC(C)C)C(N)=O. The van der Waals surface area contributed by atoms with Crippen LogP contribution >= 0.6 is 0 Å². The fourth-order valence-electron chi connectivity index (χ4n) is 8.09. The van der Waals surface area contributed by atoms with Gasteiger partial charge in [0.05, 0.1) is 7.11 Å². The number of primary amides is 1. The summed E-state index contributed by atoms with van der Waals surface area (Å²) in [5, 5.41) is 16.3. The van der Waals surface area contributed by atoms with Crippen LogP contribution in [-0.4, -0.2) is 162 Å². The van der Waals surface area contributed by atoms with Gasteiger partial charge in [0.1, 0.15) is 48.0 Å². The van der Waals surface area contributed by atoms with Gasteiger partial charge in [-0.1, -0.05) is 34.1 Å². The standard InChI is InChI=1S/C48H83N17O10S/c1-7-28(4)37(64-42(70)32(13-9-22-57-47(52)53)60-40(68)31(12-8-21-56-46(50)51)59-39(67)29-16-18-30(75-5)19-17-29)44(72)62-34(14-10-23-58-48(54)55)45(73)65-24-11-15-36(65)43(71)61-33(20-25-76(6)74)41(69)63-35(38(49)66)26-27(2)3/h16-19,27-28,31-37H,7-15,20-26H2,1-6H3,(H2,49,66)(H,59,67)(H,60,68)(H,61,71)(H,62,72)(H,63,69)(H,64,70)(H4,50,51,56)(H4,52,53,57)(H4,54,55,58)/t28-,31-,32-,33-,34-,35-,36-,37-,76?/m0/s1. The molecule has 28 heteroatoms. The van der Waals surface area contributed by atoms with E-state index in [1.165, 1.54) is 30.4 Å². The molecule has 1 aliphatic heterocycles. The van der Waals surface area contributed by atoms with Crippen molar-refractivity contribution in [1.82, 2.24) is 36.8 Å². The molecule has 0 aliphatic carbocycles. The van der Waals surface area contributed by atoms with E-state index in [0.29, 0.717) is 18.6 Å². The smallest absolute Gasteiger partial charge is 0.251 e. The van der Waals surface area contributed by atoms with Gasteiger partial charge in [-0.15, -0.1) is 0 Å². The van der Waals surface area contributed by atoms with Crippen LogP contribution in [-0.2, 0) is 44.4 Å². The van der Waals surface area contributed by atoms with E-state index in [1.807, 2.05) is 13.8 Å². The fraction of sp³-hybridized carbons (Fsp3) is 0.646. The van der Waals surface area contributed by atoms with Gasteiger partial charge in [-0.3, -0.25) is 57.5 Å². The largest absolute Gasteiger partial charge is 0.497 e. The van der Waals surface area contributed by atoms with E-state index in [9.17, 15) is 42.6 Å². The van der Waals surface area contributed by atoms with Crippen molar-refractivity contribution in [2.24, 2.45) is 66.9 Å². The molecule has 76 heavy (non-hydrogen) atoms. The number of likely N-dealkylation sites (tertiary alicyclic amines) is 1. The van der Waals surface area contributed by atoms with Crippen LogP contribution in [0.3, 0.4) is 0 Å². The molecule has 0 radical (unpaired) electrons. The van der Waals surface area contributed by atoms with Gasteiger partial charge in [-0.2, -0.15) is 0 Å². The van der Waals surface area contributed by atoms with Crippen molar-refractivity contribution in [1.29, 1.82) is 0 Å². The molecule has 1 aromatic rings. The zero-order chi connectivity index (χ0) is 57.1. The molecular formula is C48H83N17O10S. The summed E-state index contributed by atoms with van der Waals surface area (Å²) in [5.41, 5.74) is 39.0. The molecule has 1 aliphatic rings. The average molecular weight is 1090 g/mol. The highest BCUT2D eigenvalue weighted by Crippen LogP contribution is 2.21. The van der Waals surface area contributed by atoms with Crippen molar-refractivity contribution in [3.05, 3.63) is 29.8 Å². The van der Waals surface area contributed by atoms with E-state index >= 15 is 0 Å². The minimum atomic E-state index is -1.36. The molecule has 1 unspecified atom stereocenters. The number of guanidine groups is 3. The third kappa shape index (κ3) is 23.5. The van der Waals surface area contributed by atoms with E-state index in [4.69, 9.17) is 44.9 Å². The lowest BCUT2D eigenvalue weighted by Crippen LogP contribution is -2.61. The Balaban J connectivity index is 2.49. The summed E-state index contributed by atoms with van der Waals surface area (Å²) in [4.78, 5) is 124. The number of methoxy groups -OCH3 is 1. The van der Waals surface area contributed by atoms with Crippen LogP contribution in [0.1, 0.15) is 109 Å². The summed E-state index contributed by atoms with van der Waals surface area (Å²) in [6.45, 7) is 7.58. The Morgan fingerprint density at radius 1 is 0.658 bits per heavy atom. The van der Waals surface area contributed by atoms with Gasteiger partial charge in [0.25, 0.3) is 5.91 Å². The summed E-state index contributed by atoms with van der Waals surface area (Å²) < 4.78 is 17.3. The molecular weight excluding hydrogens is 1010 g/mol. The molecule has 8 amide bonds. The molecule has 27 nitrogen and oxygen atoms in total. The lowest BCUT2D eigenvalue weighted by Gasteiger charge is -2.32. The van der Waals surface area contributed by atoms with Crippen LogP contribution in [0.25, 0.3) is 0 Å². The van der Waals surface area contributed by atoms with E-state index in [2.05, 4.69) is 46.9 Å². The number of ether oxygens (including phenoxy) is 1. The highest BCUT2D eigenvalue weighted by molar-refractivity contribution is 7.84. The number of nitrogens with one attached hydrogen (secondary N) is 6. The number of hydrogen-bond donors (Lipinski definition) is 13. The van der Waals surface area contributed by atoms with Gasteiger partial charge in [0.2, 0.25) is 41.4 Å². The number of nitrogens with zero attached hydrogens (tertiary/aromatic N) is 4. The first-order valence-corrected chi connectivity index (χ1v) is 27.1. The summed E-state index contributed by atoms with van der Waals surface area (Å²) in [6.07, 6.45) is 3.22. The molecule has 2 rings (SSSR count). The van der Waals surface area contributed by atoms with Crippen molar-refractivity contribution in [3.63, 3.8) is 0 Å². The third-order valence-electron chi connectivity index (χ3n) is 12.4. The van der Waals surface area contributed by atoms with Crippen LogP contribution in [0.15, 0.2) is 39.2 Å². The lowest BCUT2D eigenvalue weighted by atomic mass is 9.96. The van der Waals surface area contributed by atoms with Crippen LogP contribution in [0.4, 0.5) is 0 Å². The Bertz CT molecular complexity index is 2220. The average Bonchev–Trinajstić information content (AvgIpc) is 3.86. The molecule has 20 N–H and O–H groups in total. The van der Waals surface area contributed by atoms with Gasteiger partial charge in [-0.05, 0) is 100 Å². The number of carbonyl (C=O) groups is 8. The summed E-state index contributed by atoms with van der Waals surface area (Å²) in [7, 11) is 0.118. The summed E-state index contributed by atoms with van der Waals surface area (Å²) in [5.74, 6) is -6.25. The van der Waals surface area contributed by atoms with Gasteiger partial charge >= 0.3 is 0 Å². The highest BCUT2D eigenvalue weighted by Gasteiger charge is 2.40. The molecule has 0 bridgehead atoms. The number of nitrogens with two attached hydrogens (primary N) is 7. The van der Waals surface area contributed by atoms with Crippen LogP contribution in [0.5, 0.6) is 5.75 Å². The predicted octanol–water partition coefficient (Wildman–Crippen LogP) is -3.28. The Labute approximate surface area is 447 Å². The lowest BCUT2D eigenvalue weighted by molar-refractivity contribution is -0.143. The third-order valence-corrected chi connectivity index (χ3v) is 13.2. The Kier molecular flexibility index (Phi) is 28.7. The van der Waals surface area contributed by atoms with Crippen molar-refractivity contribution < 1.29 is 47.3 Å². The van der Waals surface area contributed by atoms with Crippen molar-refractivity contribution in [2.45, 2.75) is 141 Å². The monoisotopic (exact) mass is 1090 g/mol. The number of aliphatic imine (C=N–C) groups is 3. The molecule has 0 spiro atoms. The molecule has 0 saturated carbocycles. The Morgan fingerprint density at radius 2 is 1.13 bits per heavy atom. The Morgan fingerprint density at radius 3 is 1.61 bits per heavy atom. The number of hydrogen-bond acceptors (Lipinski definition) is 13. The summed E-state index contributed by atoms with van der Waals surface area (Å²) >= 11 is 0. The van der Waals surface area contributed by atoms with Crippen molar-refractivity contribution >= 4 is 75.9 Å². The van der Waals surface area contributed by atoms with Gasteiger partial charge in [0.15, 0.2) is 17.9 Å². The zero-order valence-electron chi connectivity index (χ0n) is 44.6. The first kappa shape index (κ1) is 64.9. The first-order valence-electron chi connectivity index (χ1n) is 25.4. The molecule has 1 aromatic carbocycles. The maximum atomic E-state index is 14.6. The fourth-order valence-corrected chi connectivity index (χ4v) is 8.66. The molecule has 9 atom stereocenters. The van der Waals surface area contributed by atoms with Crippen LogP contribution in [0, 0.1) is 11.8 Å². The molecule has 1 saturated heterocycles. The van der Waals surface area contributed by atoms with Gasteiger partial charge in [0, 0.05) is 54.6 Å². The minimum Gasteiger partial charge on any atom is -0.497 e. The Hall–Kier alpha value is -7.26. The second kappa shape index (κ2) is 33.6. The highest BCUT2D eigenvalue weighted by atomic mass is 32.2. The van der Waals surface area contributed by atoms with E-state index in [0.717, 1.165) is 0 Å². The predicted molar refractivity (Wildman–Crippen MR) is 290 cm³/mol. The number of amides is 8. The second-order valence-electron chi connectivity index (χ2n) is 19.0. The molecule has 1 fully saturated rings. The normalized spacial score (nSPS) is 16.1. The van der Waals surface area contributed by atoms with Crippen LogP contribution < -0.4 is 76.8 Å².